The Kier molecular flexibility index (Phi) is 4.64. The quantitative estimate of drug-likeness (QED) is 0.427. The Labute approximate surface area is 167 Å². The molecular formula is C18H11FIN7. The van der Waals surface area contributed by atoms with Crippen LogP contribution < -0.4 is 0 Å². The normalized spacial score (nSPS) is 10.7. The van der Waals surface area contributed by atoms with Crippen LogP contribution in [0.5, 0.6) is 0 Å². The molecule has 0 spiro atoms. The number of hydrogen-bond acceptors (Lipinski definition) is 5. The molecule has 4 aromatic rings. The molecule has 9 heteroatoms. The van der Waals surface area contributed by atoms with Crippen molar-refractivity contribution >= 4 is 22.6 Å². The van der Waals surface area contributed by atoms with Crippen LogP contribution in [0.3, 0.4) is 0 Å². The molecule has 0 aliphatic carbocycles. The van der Waals surface area contributed by atoms with Crippen LogP contribution in [-0.2, 0) is 6.54 Å². The lowest BCUT2D eigenvalue weighted by Crippen LogP contribution is -2.04. The van der Waals surface area contributed by atoms with E-state index < -0.39 is 0 Å². The molecule has 2 aromatic carbocycles. The molecule has 132 valence electrons. The van der Waals surface area contributed by atoms with Gasteiger partial charge in [-0.05, 0) is 57.6 Å². The number of aromatic nitrogens is 6. The third-order valence-electron chi connectivity index (χ3n) is 3.87. The van der Waals surface area contributed by atoms with Crippen molar-refractivity contribution in [2.45, 2.75) is 6.54 Å². The molecular weight excluding hydrogens is 460 g/mol. The molecule has 27 heavy (non-hydrogen) atoms. The van der Waals surface area contributed by atoms with Crippen LogP contribution in [0.15, 0.2) is 54.7 Å². The van der Waals surface area contributed by atoms with Crippen LogP contribution in [-0.4, -0.2) is 30.0 Å². The minimum atomic E-state index is -0.361. The zero-order valence-electron chi connectivity index (χ0n) is 13.8. The number of para-hydroxylation sites is 1. The summed E-state index contributed by atoms with van der Waals surface area (Å²) >= 11 is 2.06. The summed E-state index contributed by atoms with van der Waals surface area (Å²) in [5.74, 6) is 0.0519. The molecule has 0 saturated heterocycles. The van der Waals surface area contributed by atoms with E-state index in [1.54, 1.807) is 36.5 Å². The second kappa shape index (κ2) is 7.24. The Bertz CT molecular complexity index is 1140. The van der Waals surface area contributed by atoms with Gasteiger partial charge in [-0.3, -0.25) is 0 Å². The Morgan fingerprint density at radius 1 is 1.07 bits per heavy atom. The van der Waals surface area contributed by atoms with E-state index in [-0.39, 0.29) is 5.82 Å². The van der Waals surface area contributed by atoms with Crippen molar-refractivity contribution in [2.24, 2.45) is 0 Å². The molecule has 0 amide bonds. The fourth-order valence-corrected chi connectivity index (χ4v) is 3.14. The van der Waals surface area contributed by atoms with Crippen LogP contribution >= 0.6 is 22.6 Å². The van der Waals surface area contributed by atoms with Crippen LogP contribution in [0.2, 0.25) is 0 Å². The second-order valence-corrected chi connectivity index (χ2v) is 6.70. The number of halogens is 2. The van der Waals surface area contributed by atoms with E-state index in [4.69, 9.17) is 5.26 Å². The summed E-state index contributed by atoms with van der Waals surface area (Å²) in [7, 11) is 0. The van der Waals surface area contributed by atoms with Crippen LogP contribution in [0.25, 0.3) is 17.1 Å². The molecule has 2 heterocycles. The number of hydrogen-bond donors (Lipinski definition) is 0. The van der Waals surface area contributed by atoms with Crippen LogP contribution in [0.1, 0.15) is 11.1 Å². The zero-order valence-corrected chi connectivity index (χ0v) is 15.9. The number of nitriles is 1. The first-order valence-electron chi connectivity index (χ1n) is 7.91. The maximum Gasteiger partial charge on any atom is 0.209 e. The smallest absolute Gasteiger partial charge is 0.209 e. The summed E-state index contributed by atoms with van der Waals surface area (Å²) in [5, 5.41) is 25.7. The van der Waals surface area contributed by atoms with E-state index in [0.717, 1.165) is 5.56 Å². The Morgan fingerprint density at radius 2 is 1.85 bits per heavy atom. The predicted octanol–water partition coefficient (Wildman–Crippen LogP) is 3.19. The van der Waals surface area contributed by atoms with E-state index in [1.165, 1.54) is 15.5 Å². The maximum absolute atomic E-state index is 14.0. The molecule has 7 nitrogen and oxygen atoms in total. The highest BCUT2D eigenvalue weighted by Crippen LogP contribution is 2.23. The molecule has 0 radical (unpaired) electrons. The molecule has 2 aromatic heterocycles. The van der Waals surface area contributed by atoms with Gasteiger partial charge in [-0.15, -0.1) is 10.2 Å². The molecule has 0 fully saturated rings. The molecule has 0 unspecified atom stereocenters. The van der Waals surface area contributed by atoms with Crippen molar-refractivity contribution in [3.05, 3.63) is 75.4 Å². The van der Waals surface area contributed by atoms with Gasteiger partial charge in [0.2, 0.25) is 5.82 Å². The first-order chi connectivity index (χ1) is 13.1. The molecule has 0 aliphatic heterocycles. The number of nitrogens with zero attached hydrogens (tertiary/aromatic N) is 7. The summed E-state index contributed by atoms with van der Waals surface area (Å²) in [4.78, 5) is 1.47. The van der Waals surface area contributed by atoms with Crippen molar-refractivity contribution in [1.29, 1.82) is 5.26 Å². The van der Waals surface area contributed by atoms with Crippen molar-refractivity contribution < 1.29 is 4.39 Å². The SMILES string of the molecule is N#Cc1ccc(Cn2nnc(-c3cn(-c4ccccc4F)nc3I)n2)cc1. The van der Waals surface area contributed by atoms with Gasteiger partial charge in [-0.1, -0.05) is 24.3 Å². The third-order valence-corrected chi connectivity index (χ3v) is 4.67. The van der Waals surface area contributed by atoms with Crippen molar-refractivity contribution in [2.75, 3.05) is 0 Å². The first-order valence-corrected chi connectivity index (χ1v) is 8.99. The Hall–Kier alpha value is -3.13. The van der Waals surface area contributed by atoms with E-state index in [1.807, 2.05) is 12.1 Å². The van der Waals surface area contributed by atoms with E-state index in [0.29, 0.717) is 32.9 Å². The van der Waals surface area contributed by atoms with Crippen LogP contribution in [0.4, 0.5) is 4.39 Å². The van der Waals surface area contributed by atoms with Gasteiger partial charge >= 0.3 is 0 Å². The van der Waals surface area contributed by atoms with Gasteiger partial charge in [0, 0.05) is 6.20 Å². The fraction of sp³-hybridized carbons (Fsp3) is 0.0556. The molecule has 0 saturated carbocycles. The van der Waals surface area contributed by atoms with Gasteiger partial charge in [0.05, 0.1) is 23.7 Å². The van der Waals surface area contributed by atoms with E-state index in [2.05, 4.69) is 49.2 Å². The van der Waals surface area contributed by atoms with Crippen molar-refractivity contribution in [1.82, 2.24) is 30.0 Å². The van der Waals surface area contributed by atoms with Gasteiger partial charge in [0.15, 0.2) is 0 Å². The topological polar surface area (TPSA) is 85.2 Å². The predicted molar refractivity (Wildman–Crippen MR) is 103 cm³/mol. The first kappa shape index (κ1) is 17.3. The molecule has 0 aliphatic rings. The lowest BCUT2D eigenvalue weighted by Gasteiger charge is -2.01. The van der Waals surface area contributed by atoms with Crippen molar-refractivity contribution in [3.8, 4) is 23.1 Å². The number of rotatable bonds is 4. The molecule has 0 N–H and O–H groups in total. The largest absolute Gasteiger partial charge is 0.236 e. The number of tetrazole rings is 1. The minimum absolute atomic E-state index is 0.353. The van der Waals surface area contributed by atoms with Gasteiger partial charge in [0.1, 0.15) is 15.2 Å². The second-order valence-electron chi connectivity index (χ2n) is 5.68. The van der Waals surface area contributed by atoms with Gasteiger partial charge in [0.25, 0.3) is 0 Å². The van der Waals surface area contributed by atoms with Gasteiger partial charge in [-0.25, -0.2) is 9.07 Å². The number of benzene rings is 2. The standard InChI is InChI=1S/C18H11FIN7/c19-15-3-1-2-4-16(15)26-11-14(17(20)23-26)18-22-25-27(24-18)10-13-7-5-12(9-21)6-8-13/h1-8,11H,10H2. The monoisotopic (exact) mass is 471 g/mol. The van der Waals surface area contributed by atoms with Gasteiger partial charge in [-0.2, -0.15) is 15.2 Å². The fourth-order valence-electron chi connectivity index (χ4n) is 2.53. The average Bonchev–Trinajstić information content (AvgIpc) is 3.29. The lowest BCUT2D eigenvalue weighted by molar-refractivity contribution is 0.573. The summed E-state index contributed by atoms with van der Waals surface area (Å²) in [6.07, 6.45) is 1.68. The summed E-state index contributed by atoms with van der Waals surface area (Å²) < 4.78 is 16.1. The van der Waals surface area contributed by atoms with Gasteiger partial charge < -0.3 is 0 Å². The molecule has 0 atom stereocenters. The van der Waals surface area contributed by atoms with Crippen LogP contribution in [0, 0.1) is 20.8 Å². The molecule has 4 rings (SSSR count). The van der Waals surface area contributed by atoms with E-state index >= 15 is 0 Å². The highest BCUT2D eigenvalue weighted by molar-refractivity contribution is 14.1. The third kappa shape index (κ3) is 3.56. The highest BCUT2D eigenvalue weighted by Gasteiger charge is 2.16. The average molecular weight is 471 g/mol. The van der Waals surface area contributed by atoms with Crippen molar-refractivity contribution in [3.63, 3.8) is 0 Å². The highest BCUT2D eigenvalue weighted by atomic mass is 127. The minimum Gasteiger partial charge on any atom is -0.236 e. The molecule has 0 bridgehead atoms. The van der Waals surface area contributed by atoms with E-state index in [9.17, 15) is 4.39 Å². The Balaban J connectivity index is 1.60. The summed E-state index contributed by atoms with van der Waals surface area (Å²) in [5.41, 5.74) is 2.58. The maximum atomic E-state index is 14.0. The lowest BCUT2D eigenvalue weighted by atomic mass is 10.1. The zero-order chi connectivity index (χ0) is 18.8. The Morgan fingerprint density at radius 3 is 2.59 bits per heavy atom. The summed E-state index contributed by atoms with van der Waals surface area (Å²) in [6, 6.07) is 15.7. The summed E-state index contributed by atoms with van der Waals surface area (Å²) in [6.45, 7) is 0.427.